The average molecular weight is 228 g/mol. The molecule has 0 aromatic heterocycles. The van der Waals surface area contributed by atoms with Crippen molar-refractivity contribution in [3.05, 3.63) is 0 Å². The topological polar surface area (TPSA) is 29.5 Å². The molecule has 0 aromatic rings. The summed E-state index contributed by atoms with van der Waals surface area (Å²) in [5, 5.41) is 10.1. The quantitative estimate of drug-likeness (QED) is 0.583. The average Bonchev–Trinajstić information content (AvgIpc) is 2.27. The number of hydrogen-bond acceptors (Lipinski definition) is 2. The van der Waals surface area contributed by atoms with Crippen LogP contribution in [0.2, 0.25) is 0 Å². The Labute approximate surface area is 94.8 Å². The maximum atomic E-state index is 10.1. The van der Waals surface area contributed by atoms with Crippen molar-refractivity contribution in [2.75, 3.05) is 19.5 Å². The van der Waals surface area contributed by atoms with Gasteiger partial charge in [0, 0.05) is 11.9 Å². The molecule has 4 heteroatoms. The molecule has 2 nitrogen and oxygen atoms in total. The largest absolute Gasteiger partial charge is 0.390 e. The monoisotopic (exact) mass is 228 g/mol. The van der Waals surface area contributed by atoms with Gasteiger partial charge in [0.05, 0.1) is 11.7 Å². The number of aliphatic hydroxyl groups excluding tert-OH is 1. The summed E-state index contributed by atoms with van der Waals surface area (Å²) in [5.41, 5.74) is -0.478. The third-order valence-corrected chi connectivity index (χ3v) is 4.69. The summed E-state index contributed by atoms with van der Waals surface area (Å²) in [7, 11) is 5.79. The highest BCUT2D eigenvalue weighted by Gasteiger charge is 2.46. The van der Waals surface area contributed by atoms with Gasteiger partial charge in [-0.2, -0.15) is 0 Å². The number of rotatable bonds is 3. The van der Waals surface area contributed by atoms with Crippen LogP contribution in [-0.4, -0.2) is 56.5 Å². The lowest BCUT2D eigenvalue weighted by Gasteiger charge is -2.30. The lowest BCUT2D eigenvalue weighted by molar-refractivity contribution is -0.0545. The van der Waals surface area contributed by atoms with Gasteiger partial charge in [0.2, 0.25) is 0 Å². The molecule has 1 aliphatic heterocycles. The Balaban J connectivity index is 2.64. The first-order chi connectivity index (χ1) is 6.66. The molecule has 4 atom stereocenters. The summed E-state index contributed by atoms with van der Waals surface area (Å²) in [6.07, 6.45) is 5.58. The smallest absolute Gasteiger partial charge is 0.109 e. The third-order valence-electron chi connectivity index (χ3n) is 3.26. The van der Waals surface area contributed by atoms with E-state index in [1.54, 1.807) is 0 Å². The van der Waals surface area contributed by atoms with Crippen molar-refractivity contribution >= 4 is 21.0 Å². The van der Waals surface area contributed by atoms with Crippen LogP contribution in [0.15, 0.2) is 0 Å². The normalized spacial score (nSPS) is 42.1. The van der Waals surface area contributed by atoms with Crippen molar-refractivity contribution in [2.45, 2.75) is 38.0 Å². The lowest BCUT2D eigenvalue weighted by atomic mass is 9.83. The third kappa shape index (κ3) is 3.12. The van der Waals surface area contributed by atoms with Gasteiger partial charge in [-0.25, -0.2) is 0 Å². The van der Waals surface area contributed by atoms with Gasteiger partial charge in [0.15, 0.2) is 0 Å². The van der Waals surface area contributed by atoms with Crippen molar-refractivity contribution in [2.24, 2.45) is 5.92 Å². The maximum Gasteiger partial charge on any atom is 0.109 e. The molecule has 15 heavy (non-hydrogen) atoms. The van der Waals surface area contributed by atoms with Gasteiger partial charge in [-0.1, -0.05) is 6.92 Å². The summed E-state index contributed by atoms with van der Waals surface area (Å²) in [4.78, 5) is 0. The van der Waals surface area contributed by atoms with Crippen molar-refractivity contribution in [1.29, 1.82) is 0 Å². The summed E-state index contributed by atoms with van der Waals surface area (Å²) in [5.74, 6) is 0.0151. The first kappa shape index (κ1) is 13.4. The molecule has 86 valence electrons. The minimum Gasteiger partial charge on any atom is -0.390 e. The van der Waals surface area contributed by atoms with Gasteiger partial charge in [0.25, 0.3) is 0 Å². The van der Waals surface area contributed by atoms with Gasteiger partial charge in [-0.15, -0.1) is 13.2 Å². The first-order valence-electron chi connectivity index (χ1n) is 5.44. The molecule has 0 amide bonds. The number of ether oxygens (including phenoxy) is 1. The zero-order chi connectivity index (χ0) is 11.9. The Hall–Kier alpha value is 0.285. The molecular weight excluding hydrogens is 206 g/mol. The fraction of sp³-hybridized carbons (Fsp3) is 0.909. The van der Waals surface area contributed by atoms with Crippen LogP contribution < -0.4 is 0 Å². The summed E-state index contributed by atoms with van der Waals surface area (Å²) >= 11 is 0. The minimum atomic E-state index is -1.06. The summed E-state index contributed by atoms with van der Waals surface area (Å²) in [6.45, 7) is 7.22. The summed E-state index contributed by atoms with van der Waals surface area (Å²) in [6, 6.07) is -0.337. The van der Waals surface area contributed by atoms with E-state index in [9.17, 15) is 5.11 Å². The fourth-order valence-corrected chi connectivity index (χ4v) is 3.00. The van der Waals surface area contributed by atoms with Crippen LogP contribution in [0.1, 0.15) is 20.3 Å². The van der Waals surface area contributed by atoms with Gasteiger partial charge >= 0.3 is 0 Å². The van der Waals surface area contributed by atoms with Crippen LogP contribution in [0, 0.1) is 5.92 Å². The van der Waals surface area contributed by atoms with Crippen LogP contribution in [-0.2, 0) is 4.74 Å². The van der Waals surface area contributed by atoms with Crippen LogP contribution in [0.25, 0.3) is 0 Å². The second kappa shape index (κ2) is 4.27. The van der Waals surface area contributed by atoms with E-state index in [0.29, 0.717) is 0 Å². The van der Waals surface area contributed by atoms with Gasteiger partial charge < -0.3 is 9.84 Å². The molecule has 0 spiro atoms. The van der Waals surface area contributed by atoms with Crippen molar-refractivity contribution in [3.63, 3.8) is 0 Å². The summed E-state index contributed by atoms with van der Waals surface area (Å²) < 4.78 is 5.69. The van der Waals surface area contributed by atoms with E-state index in [1.807, 2.05) is 13.8 Å². The van der Waals surface area contributed by atoms with Crippen molar-refractivity contribution in [1.82, 2.24) is 0 Å². The van der Waals surface area contributed by atoms with Gasteiger partial charge in [-0.3, -0.25) is 0 Å². The van der Waals surface area contributed by atoms with Crippen LogP contribution >= 0.6 is 6.89 Å². The van der Waals surface area contributed by atoms with Crippen LogP contribution in [0.3, 0.4) is 0 Å². The zero-order valence-corrected chi connectivity index (χ0v) is 11.1. The first-order valence-corrected chi connectivity index (χ1v) is 8.50. The number of aliphatic hydroxyl groups is 1. The SMILES string of the molecule is [B][C@@H]1O[C@](C)(CCP(=C)(C)C)[C@@H](O)C1C. The second-order valence-corrected chi connectivity index (χ2v) is 9.93. The highest BCUT2D eigenvalue weighted by Crippen LogP contribution is 2.42. The van der Waals surface area contributed by atoms with E-state index in [1.165, 1.54) is 0 Å². The Morgan fingerprint density at radius 2 is 2.07 bits per heavy atom. The molecule has 1 aliphatic rings. The van der Waals surface area contributed by atoms with Gasteiger partial charge in [-0.05, 0) is 32.8 Å². The molecular formula is C11H22BO2P. The Morgan fingerprint density at radius 1 is 1.53 bits per heavy atom. The molecule has 1 rings (SSSR count). The van der Waals surface area contributed by atoms with E-state index in [0.717, 1.165) is 12.6 Å². The predicted molar refractivity (Wildman–Crippen MR) is 69.6 cm³/mol. The predicted octanol–water partition coefficient (Wildman–Crippen LogP) is 1.37. The number of hydrogen-bond donors (Lipinski definition) is 1. The Bertz CT molecular complexity index is 276. The molecule has 1 unspecified atom stereocenters. The van der Waals surface area contributed by atoms with Crippen LogP contribution in [0.4, 0.5) is 0 Å². The molecule has 1 fully saturated rings. The molecule has 1 heterocycles. The zero-order valence-electron chi connectivity index (χ0n) is 10.2. The van der Waals surface area contributed by atoms with Gasteiger partial charge in [0.1, 0.15) is 7.85 Å². The highest BCUT2D eigenvalue weighted by molar-refractivity contribution is 7.72. The van der Waals surface area contributed by atoms with Crippen molar-refractivity contribution < 1.29 is 9.84 Å². The van der Waals surface area contributed by atoms with Crippen LogP contribution in [0.5, 0.6) is 0 Å². The van der Waals surface area contributed by atoms with Crippen molar-refractivity contribution in [3.8, 4) is 0 Å². The van der Waals surface area contributed by atoms with E-state index < -0.39 is 18.6 Å². The highest BCUT2D eigenvalue weighted by atomic mass is 31.2. The van der Waals surface area contributed by atoms with E-state index >= 15 is 0 Å². The Morgan fingerprint density at radius 3 is 2.40 bits per heavy atom. The molecule has 1 N–H and O–H groups in total. The van der Waals surface area contributed by atoms with E-state index in [2.05, 4.69) is 19.6 Å². The van der Waals surface area contributed by atoms with E-state index in [4.69, 9.17) is 12.6 Å². The minimum absolute atomic E-state index is 0.0151. The molecule has 0 bridgehead atoms. The molecule has 2 radical (unpaired) electrons. The molecule has 1 saturated heterocycles. The maximum absolute atomic E-state index is 10.1. The molecule has 0 aliphatic carbocycles. The fourth-order valence-electron chi connectivity index (χ4n) is 1.96. The second-order valence-electron chi connectivity index (χ2n) is 5.61. The molecule has 0 saturated carbocycles. The standard InChI is InChI=1S/C11H22BO2P/c1-8-9(13)11(2,14-10(8)12)6-7-15(3,4)5/h8-10,13H,3,6-7H2,1-2,4-5H3/t8?,9-,10+,11+/m0/s1. The van der Waals surface area contributed by atoms with E-state index in [-0.39, 0.29) is 11.9 Å². The Kier molecular flexibility index (Phi) is 3.80. The molecule has 0 aromatic carbocycles. The lowest BCUT2D eigenvalue weighted by Crippen LogP contribution is -2.38.